The van der Waals surface area contributed by atoms with Gasteiger partial charge in [0, 0.05) is 38.6 Å². The third kappa shape index (κ3) is 14.0. The van der Waals surface area contributed by atoms with Crippen molar-refractivity contribution in [1.29, 1.82) is 0 Å². The topological polar surface area (TPSA) is 89.5 Å². The fraction of sp³-hybridized carbons (Fsp3) is 0.538. The second kappa shape index (κ2) is 20.2. The van der Waals surface area contributed by atoms with Crippen molar-refractivity contribution in [3.05, 3.63) is 49.6 Å². The molecular weight excluding hydrogens is 633 g/mol. The van der Waals surface area contributed by atoms with E-state index in [-0.39, 0.29) is 26.4 Å². The van der Waals surface area contributed by atoms with Gasteiger partial charge in [0.15, 0.2) is 12.2 Å². The zero-order chi connectivity index (χ0) is 28.4. The quantitative estimate of drug-likeness (QED) is 0.144. The Morgan fingerprint density at radius 3 is 1.57 bits per heavy atom. The molecule has 0 aliphatic carbocycles. The maximum atomic E-state index is 11.8. The zero-order valence-electron chi connectivity index (χ0n) is 22.0. The average molecular weight is 667 g/mol. The van der Waals surface area contributed by atoms with Gasteiger partial charge in [-0.15, -0.1) is 70.6 Å². The molecule has 3 rings (SSSR count). The molecule has 0 amide bonds. The van der Waals surface area contributed by atoms with E-state index in [0.29, 0.717) is 33.9 Å². The maximum absolute atomic E-state index is 11.8. The molecule has 0 N–H and O–H groups in total. The molecule has 222 valence electrons. The van der Waals surface area contributed by atoms with Crippen LogP contribution in [-0.4, -0.2) is 93.3 Å². The number of hydrogen-bond acceptors (Lipinski definition) is 14. The highest BCUT2D eigenvalue weighted by atomic mass is 32.3. The van der Waals surface area contributed by atoms with Gasteiger partial charge in [-0.05, 0) is 12.1 Å². The van der Waals surface area contributed by atoms with E-state index in [1.165, 1.54) is 0 Å². The van der Waals surface area contributed by atoms with Crippen LogP contribution in [0, 0.1) is 0 Å². The number of benzene rings is 1. The van der Waals surface area contributed by atoms with E-state index in [9.17, 15) is 9.59 Å². The number of ether oxygens (including phenoxy) is 6. The summed E-state index contributed by atoms with van der Waals surface area (Å²) in [6.07, 6.45) is 1.05. The Morgan fingerprint density at radius 1 is 0.750 bits per heavy atom. The summed E-state index contributed by atoms with van der Waals surface area (Å²) in [6, 6.07) is 7.07. The first-order valence-electron chi connectivity index (χ1n) is 12.3. The molecule has 0 spiro atoms. The van der Waals surface area contributed by atoms with Gasteiger partial charge >= 0.3 is 11.9 Å². The molecule has 0 saturated carbocycles. The first-order chi connectivity index (χ1) is 19.6. The minimum absolute atomic E-state index is 0.104. The largest absolute Gasteiger partial charge is 0.489 e. The second-order valence-electron chi connectivity index (χ2n) is 8.10. The Labute approximate surface area is 261 Å². The molecule has 2 aliphatic rings. The van der Waals surface area contributed by atoms with Crippen LogP contribution >= 0.6 is 70.6 Å². The van der Waals surface area contributed by atoms with E-state index < -0.39 is 24.1 Å². The second-order valence-corrected chi connectivity index (χ2v) is 16.9. The van der Waals surface area contributed by atoms with Gasteiger partial charge in [-0.25, -0.2) is 9.59 Å². The summed E-state index contributed by atoms with van der Waals surface area (Å²) >= 11 is 11.2. The van der Waals surface area contributed by atoms with Crippen molar-refractivity contribution >= 4 is 82.5 Å². The SMILES string of the molecule is C=CC(=O)OC(COCC1SCSCS1)COc1cccc(OCC(COCC2SCSCS2)OC(=O)C=C)c1. The fourth-order valence-corrected chi connectivity index (χ4v) is 12.4. The van der Waals surface area contributed by atoms with Gasteiger partial charge in [-0.2, -0.15) is 0 Å². The third-order valence-corrected chi connectivity index (χ3v) is 13.5. The Bertz CT molecular complexity index is 857. The summed E-state index contributed by atoms with van der Waals surface area (Å²) in [4.78, 5) is 23.7. The van der Waals surface area contributed by atoms with Gasteiger partial charge in [-0.1, -0.05) is 19.2 Å². The fourth-order valence-electron chi connectivity index (χ4n) is 3.13. The van der Waals surface area contributed by atoms with Crippen LogP contribution in [0.15, 0.2) is 49.6 Å². The minimum Gasteiger partial charge on any atom is -0.489 e. The van der Waals surface area contributed by atoms with Crippen LogP contribution in [0.1, 0.15) is 0 Å². The van der Waals surface area contributed by atoms with Gasteiger partial charge in [-0.3, -0.25) is 0 Å². The van der Waals surface area contributed by atoms with Crippen LogP contribution in [0.2, 0.25) is 0 Å². The molecule has 2 atom stereocenters. The molecule has 2 fully saturated rings. The van der Waals surface area contributed by atoms with Crippen LogP contribution in [0.3, 0.4) is 0 Å². The molecule has 14 heteroatoms. The predicted molar refractivity (Wildman–Crippen MR) is 172 cm³/mol. The molecule has 1 aromatic rings. The van der Waals surface area contributed by atoms with Crippen molar-refractivity contribution in [2.24, 2.45) is 0 Å². The lowest BCUT2D eigenvalue weighted by Gasteiger charge is -2.23. The summed E-state index contributed by atoms with van der Waals surface area (Å²) in [7, 11) is 0. The zero-order valence-corrected chi connectivity index (χ0v) is 26.9. The number of hydrogen-bond donors (Lipinski definition) is 0. The monoisotopic (exact) mass is 666 g/mol. The Morgan fingerprint density at radius 2 is 1.18 bits per heavy atom. The summed E-state index contributed by atoms with van der Waals surface area (Å²) in [5.74, 6) is 0.00309. The van der Waals surface area contributed by atoms with Crippen LogP contribution < -0.4 is 9.47 Å². The Balaban J connectivity index is 1.47. The molecule has 2 unspecified atom stereocenters. The smallest absolute Gasteiger partial charge is 0.330 e. The van der Waals surface area contributed by atoms with E-state index in [1.807, 2.05) is 70.6 Å². The van der Waals surface area contributed by atoms with Crippen molar-refractivity contribution < 1.29 is 38.0 Å². The van der Waals surface area contributed by atoms with Crippen molar-refractivity contribution in [1.82, 2.24) is 0 Å². The maximum Gasteiger partial charge on any atom is 0.330 e. The van der Waals surface area contributed by atoms with Gasteiger partial charge in [0.2, 0.25) is 0 Å². The van der Waals surface area contributed by atoms with Gasteiger partial charge in [0.1, 0.15) is 24.7 Å². The van der Waals surface area contributed by atoms with Crippen molar-refractivity contribution in [3.8, 4) is 11.5 Å². The Hall–Kier alpha value is -0.740. The summed E-state index contributed by atoms with van der Waals surface area (Å²) in [5, 5.41) is 4.22. The normalized spacial score (nSPS) is 17.8. The van der Waals surface area contributed by atoms with Crippen LogP contribution in [0.4, 0.5) is 0 Å². The van der Waals surface area contributed by atoms with E-state index in [0.717, 1.165) is 32.5 Å². The van der Waals surface area contributed by atoms with Crippen molar-refractivity contribution in [2.75, 3.05) is 60.0 Å². The number of thioether (sulfide) groups is 6. The molecule has 40 heavy (non-hydrogen) atoms. The van der Waals surface area contributed by atoms with E-state index in [4.69, 9.17) is 28.4 Å². The highest BCUT2D eigenvalue weighted by Gasteiger charge is 2.20. The van der Waals surface area contributed by atoms with Crippen LogP contribution in [-0.2, 0) is 28.5 Å². The lowest BCUT2D eigenvalue weighted by atomic mass is 10.3. The average Bonchev–Trinajstić information content (AvgIpc) is 2.99. The van der Waals surface area contributed by atoms with E-state index in [2.05, 4.69) is 13.2 Å². The number of carbonyl (C=O) groups is 2. The van der Waals surface area contributed by atoms with E-state index >= 15 is 0 Å². The Kier molecular flexibility index (Phi) is 17.1. The summed E-state index contributed by atoms with van der Waals surface area (Å²) < 4.78 is 35.1. The molecule has 0 bridgehead atoms. The minimum atomic E-state index is -0.595. The molecule has 0 radical (unpaired) electrons. The molecule has 8 nitrogen and oxygen atoms in total. The molecule has 2 saturated heterocycles. The number of rotatable bonds is 18. The highest BCUT2D eigenvalue weighted by molar-refractivity contribution is 8.33. The number of carbonyl (C=O) groups excluding carboxylic acids is 2. The van der Waals surface area contributed by atoms with Gasteiger partial charge in [0.05, 0.1) is 35.6 Å². The van der Waals surface area contributed by atoms with Gasteiger partial charge < -0.3 is 28.4 Å². The van der Waals surface area contributed by atoms with Crippen LogP contribution in [0.25, 0.3) is 0 Å². The molecule has 2 aliphatic heterocycles. The predicted octanol–water partition coefficient (Wildman–Crippen LogP) is 5.58. The first kappa shape index (κ1) is 33.8. The molecule has 1 aromatic carbocycles. The summed E-state index contributed by atoms with van der Waals surface area (Å²) in [5.41, 5.74) is 0. The first-order valence-corrected chi connectivity index (χ1v) is 18.8. The van der Waals surface area contributed by atoms with E-state index in [1.54, 1.807) is 24.3 Å². The lowest BCUT2D eigenvalue weighted by molar-refractivity contribution is -0.148. The van der Waals surface area contributed by atoms with Gasteiger partial charge in [0.25, 0.3) is 0 Å². The van der Waals surface area contributed by atoms with Crippen LogP contribution in [0.5, 0.6) is 11.5 Å². The van der Waals surface area contributed by atoms with Crippen molar-refractivity contribution in [2.45, 2.75) is 21.4 Å². The molecular formula is C26H34O8S6. The van der Waals surface area contributed by atoms with Crippen molar-refractivity contribution in [3.63, 3.8) is 0 Å². The molecule has 0 aromatic heterocycles. The summed E-state index contributed by atoms with van der Waals surface area (Å²) in [6.45, 7) is 8.71. The standard InChI is InChI=1S/C26H34O8S6/c1-3-23(27)33-21(9-29-13-25-37-15-35-16-38-25)11-31-19-6-5-7-20(8-19)32-12-22(34-24(28)4-2)10-30-14-26-39-17-36-18-40-26/h3-8,21-22,25-26H,1-2,9-18H2. The highest BCUT2D eigenvalue weighted by Crippen LogP contribution is 2.36. The third-order valence-electron chi connectivity index (χ3n) is 5.04. The lowest BCUT2D eigenvalue weighted by Crippen LogP contribution is -2.30. The molecule has 2 heterocycles. The number of esters is 2.